The minimum Gasteiger partial charge on any atom is -0.350 e. The lowest BCUT2D eigenvalue weighted by molar-refractivity contribution is -0.122. The summed E-state index contributed by atoms with van der Waals surface area (Å²) in [5.41, 5.74) is -0.220. The summed E-state index contributed by atoms with van der Waals surface area (Å²) in [6.07, 6.45) is 0.806. The summed E-state index contributed by atoms with van der Waals surface area (Å²) in [6, 6.07) is -0.313. The summed E-state index contributed by atoms with van der Waals surface area (Å²) in [5, 5.41) is 6.66. The SMILES string of the molecule is CCc1nsc(NC(C)C(=O)NC(C)(C)C)n1. The maximum absolute atomic E-state index is 11.8. The number of carbonyl (C=O) groups is 1. The third-order valence-corrected chi connectivity index (χ3v) is 2.70. The number of carbonyl (C=O) groups excluding carboxylic acids is 1. The highest BCUT2D eigenvalue weighted by Gasteiger charge is 2.19. The molecule has 2 N–H and O–H groups in total. The number of nitrogens with one attached hydrogen (secondary N) is 2. The predicted octanol–water partition coefficient (Wildman–Crippen LogP) is 1.82. The van der Waals surface area contributed by atoms with Crippen LogP contribution in [0.2, 0.25) is 0 Å². The van der Waals surface area contributed by atoms with E-state index in [1.54, 1.807) is 0 Å². The van der Waals surface area contributed by atoms with Crippen LogP contribution in [0.5, 0.6) is 0 Å². The van der Waals surface area contributed by atoms with Crippen molar-refractivity contribution in [1.29, 1.82) is 0 Å². The zero-order chi connectivity index (χ0) is 13.1. The Kier molecular flexibility index (Phi) is 4.45. The fourth-order valence-electron chi connectivity index (χ4n) is 1.18. The van der Waals surface area contributed by atoms with Gasteiger partial charge in [0.05, 0.1) is 0 Å². The standard InChI is InChI=1S/C11H20N4OS/c1-6-8-13-10(17-15-8)12-7(2)9(16)14-11(3,4)5/h7H,6H2,1-5H3,(H,14,16)(H,12,13,15). The van der Waals surface area contributed by atoms with Gasteiger partial charge in [0.1, 0.15) is 11.9 Å². The van der Waals surface area contributed by atoms with Gasteiger partial charge in [-0.05, 0) is 27.7 Å². The average molecular weight is 256 g/mol. The molecule has 0 aliphatic rings. The number of hydrogen-bond donors (Lipinski definition) is 2. The van der Waals surface area contributed by atoms with Crippen LogP contribution < -0.4 is 10.6 Å². The minimum atomic E-state index is -0.313. The van der Waals surface area contributed by atoms with E-state index in [1.807, 2.05) is 34.6 Å². The molecule has 1 aromatic heterocycles. The van der Waals surface area contributed by atoms with Gasteiger partial charge in [-0.1, -0.05) is 6.92 Å². The van der Waals surface area contributed by atoms with E-state index < -0.39 is 0 Å². The molecule has 0 aliphatic carbocycles. The van der Waals surface area contributed by atoms with Crippen molar-refractivity contribution in [3.05, 3.63) is 5.82 Å². The number of anilines is 1. The van der Waals surface area contributed by atoms with Gasteiger partial charge in [-0.15, -0.1) is 0 Å². The van der Waals surface area contributed by atoms with E-state index in [4.69, 9.17) is 0 Å². The lowest BCUT2D eigenvalue weighted by Crippen LogP contribution is -2.47. The number of aromatic nitrogens is 2. The third kappa shape index (κ3) is 4.68. The fourth-order valence-corrected chi connectivity index (χ4v) is 1.92. The van der Waals surface area contributed by atoms with Crippen molar-refractivity contribution in [2.45, 2.75) is 52.6 Å². The van der Waals surface area contributed by atoms with E-state index in [0.29, 0.717) is 5.13 Å². The third-order valence-electron chi connectivity index (χ3n) is 2.02. The molecule has 17 heavy (non-hydrogen) atoms. The molecule has 1 unspecified atom stereocenters. The second-order valence-corrected chi connectivity index (χ2v) is 5.73. The van der Waals surface area contributed by atoms with E-state index in [1.165, 1.54) is 11.5 Å². The Morgan fingerprint density at radius 2 is 2.12 bits per heavy atom. The van der Waals surface area contributed by atoms with Gasteiger partial charge in [0.25, 0.3) is 0 Å². The molecule has 0 saturated carbocycles. The van der Waals surface area contributed by atoms with Crippen molar-refractivity contribution in [3.8, 4) is 0 Å². The maximum atomic E-state index is 11.8. The quantitative estimate of drug-likeness (QED) is 0.862. The summed E-state index contributed by atoms with van der Waals surface area (Å²) in [7, 11) is 0. The molecule has 0 aliphatic heterocycles. The van der Waals surface area contributed by atoms with Crippen LogP contribution in [0.3, 0.4) is 0 Å². The first-order valence-corrected chi connectivity index (χ1v) is 6.50. The van der Waals surface area contributed by atoms with Crippen LogP contribution in [0.15, 0.2) is 0 Å². The molecule has 1 amide bonds. The maximum Gasteiger partial charge on any atom is 0.242 e. The summed E-state index contributed by atoms with van der Waals surface area (Å²) in [5.74, 6) is 0.770. The average Bonchev–Trinajstić information content (AvgIpc) is 2.62. The normalized spacial score (nSPS) is 13.2. The van der Waals surface area contributed by atoms with Crippen LogP contribution in [0.4, 0.5) is 5.13 Å². The van der Waals surface area contributed by atoms with Gasteiger partial charge in [-0.3, -0.25) is 4.79 Å². The van der Waals surface area contributed by atoms with Crippen molar-refractivity contribution in [1.82, 2.24) is 14.7 Å². The van der Waals surface area contributed by atoms with Crippen LogP contribution in [-0.4, -0.2) is 26.8 Å². The first kappa shape index (κ1) is 13.9. The van der Waals surface area contributed by atoms with Gasteiger partial charge in [-0.2, -0.15) is 4.37 Å². The van der Waals surface area contributed by atoms with E-state index in [-0.39, 0.29) is 17.5 Å². The van der Waals surface area contributed by atoms with Gasteiger partial charge in [0.2, 0.25) is 11.0 Å². The van der Waals surface area contributed by atoms with Crippen LogP contribution in [0, 0.1) is 0 Å². The number of hydrogen-bond acceptors (Lipinski definition) is 5. The largest absolute Gasteiger partial charge is 0.350 e. The monoisotopic (exact) mass is 256 g/mol. The van der Waals surface area contributed by atoms with Gasteiger partial charge < -0.3 is 10.6 Å². The molecule has 0 aromatic carbocycles. The van der Waals surface area contributed by atoms with Crippen LogP contribution in [0.1, 0.15) is 40.4 Å². The molecular weight excluding hydrogens is 236 g/mol. The molecule has 1 rings (SSSR count). The second kappa shape index (κ2) is 5.44. The molecule has 96 valence electrons. The molecular formula is C11H20N4OS. The van der Waals surface area contributed by atoms with Crippen LogP contribution >= 0.6 is 11.5 Å². The van der Waals surface area contributed by atoms with E-state index >= 15 is 0 Å². The Morgan fingerprint density at radius 1 is 1.47 bits per heavy atom. The van der Waals surface area contributed by atoms with Crippen molar-refractivity contribution in [2.75, 3.05) is 5.32 Å². The first-order valence-electron chi connectivity index (χ1n) is 5.73. The van der Waals surface area contributed by atoms with E-state index in [9.17, 15) is 4.79 Å². The molecule has 6 heteroatoms. The smallest absolute Gasteiger partial charge is 0.242 e. The van der Waals surface area contributed by atoms with E-state index in [0.717, 1.165) is 12.2 Å². The number of nitrogens with zero attached hydrogens (tertiary/aromatic N) is 2. The summed E-state index contributed by atoms with van der Waals surface area (Å²) in [4.78, 5) is 16.1. The lowest BCUT2D eigenvalue weighted by atomic mass is 10.1. The summed E-state index contributed by atoms with van der Waals surface area (Å²) >= 11 is 1.29. The van der Waals surface area contributed by atoms with Crippen molar-refractivity contribution in [2.24, 2.45) is 0 Å². The molecule has 0 saturated heterocycles. The highest BCUT2D eigenvalue weighted by atomic mass is 32.1. The van der Waals surface area contributed by atoms with Crippen LogP contribution in [0.25, 0.3) is 0 Å². The van der Waals surface area contributed by atoms with Crippen molar-refractivity contribution >= 4 is 22.6 Å². The fraction of sp³-hybridized carbons (Fsp3) is 0.727. The zero-order valence-electron chi connectivity index (χ0n) is 11.0. The van der Waals surface area contributed by atoms with Crippen LogP contribution in [-0.2, 0) is 11.2 Å². The highest BCUT2D eigenvalue weighted by Crippen LogP contribution is 2.12. The van der Waals surface area contributed by atoms with E-state index in [2.05, 4.69) is 20.0 Å². The number of rotatable bonds is 4. The Balaban J connectivity index is 2.54. The molecule has 0 radical (unpaired) electrons. The Hall–Kier alpha value is -1.17. The topological polar surface area (TPSA) is 66.9 Å². The van der Waals surface area contributed by atoms with Gasteiger partial charge >= 0.3 is 0 Å². The first-order chi connectivity index (χ1) is 7.81. The van der Waals surface area contributed by atoms with Crippen molar-refractivity contribution in [3.63, 3.8) is 0 Å². The predicted molar refractivity (Wildman–Crippen MR) is 70.3 cm³/mol. The molecule has 0 spiro atoms. The molecule has 1 heterocycles. The zero-order valence-corrected chi connectivity index (χ0v) is 11.8. The molecule has 5 nitrogen and oxygen atoms in total. The molecule has 0 bridgehead atoms. The highest BCUT2D eigenvalue weighted by molar-refractivity contribution is 7.09. The van der Waals surface area contributed by atoms with Gasteiger partial charge in [0, 0.05) is 23.5 Å². The van der Waals surface area contributed by atoms with Gasteiger partial charge in [-0.25, -0.2) is 4.98 Å². The minimum absolute atomic E-state index is 0.0363. The Labute approximate surface area is 106 Å². The van der Waals surface area contributed by atoms with Crippen molar-refractivity contribution < 1.29 is 4.79 Å². The molecule has 1 aromatic rings. The Morgan fingerprint density at radius 3 is 2.59 bits per heavy atom. The lowest BCUT2D eigenvalue weighted by Gasteiger charge is -2.23. The number of amides is 1. The second-order valence-electron chi connectivity index (χ2n) is 4.97. The Bertz CT molecular complexity index is 383. The van der Waals surface area contributed by atoms with Gasteiger partial charge in [0.15, 0.2) is 0 Å². The molecule has 0 fully saturated rings. The number of aryl methyl sites for hydroxylation is 1. The summed E-state index contributed by atoms with van der Waals surface area (Å²) in [6.45, 7) is 9.68. The molecule has 1 atom stereocenters. The summed E-state index contributed by atoms with van der Waals surface area (Å²) < 4.78 is 4.16.